The molecule has 2 heterocycles. The first-order chi connectivity index (χ1) is 11.9. The Morgan fingerprint density at radius 1 is 1.20 bits per heavy atom. The Balaban J connectivity index is 1.71. The molecule has 4 N–H and O–H groups in total. The molecule has 4 aliphatic rings. The molecule has 1 saturated carbocycles. The van der Waals surface area contributed by atoms with Gasteiger partial charge in [0.15, 0.2) is 0 Å². The molecule has 0 aromatic heterocycles. The first-order valence-corrected chi connectivity index (χ1v) is 9.08. The van der Waals surface area contributed by atoms with Gasteiger partial charge in [0.1, 0.15) is 5.54 Å². The van der Waals surface area contributed by atoms with E-state index in [1.165, 1.54) is 11.1 Å². The van der Waals surface area contributed by atoms with E-state index in [0.29, 0.717) is 19.3 Å². The number of hydrogen-bond acceptors (Lipinski definition) is 4. The molecule has 4 atom stereocenters. The second kappa shape index (κ2) is 4.62. The van der Waals surface area contributed by atoms with Crippen LogP contribution >= 0.6 is 0 Å². The van der Waals surface area contributed by atoms with Crippen LogP contribution in [0.1, 0.15) is 42.4 Å². The minimum absolute atomic E-state index is 0.00558. The Morgan fingerprint density at radius 2 is 2.04 bits per heavy atom. The van der Waals surface area contributed by atoms with Crippen LogP contribution in [-0.2, 0) is 16.6 Å². The molecule has 25 heavy (non-hydrogen) atoms. The predicted molar refractivity (Wildman–Crippen MR) is 91.2 cm³/mol. The first-order valence-electron chi connectivity index (χ1n) is 9.08. The number of imide groups is 1. The molecule has 3 fully saturated rings. The van der Waals surface area contributed by atoms with Gasteiger partial charge in [-0.2, -0.15) is 0 Å². The van der Waals surface area contributed by atoms with E-state index in [2.05, 4.69) is 41.1 Å². The molecule has 1 aromatic carbocycles. The lowest BCUT2D eigenvalue weighted by atomic mass is 9.47. The van der Waals surface area contributed by atoms with Crippen molar-refractivity contribution in [1.29, 1.82) is 0 Å². The normalized spacial score (nSPS) is 41.8. The van der Waals surface area contributed by atoms with Gasteiger partial charge >= 0.3 is 6.03 Å². The lowest BCUT2D eigenvalue weighted by molar-refractivity contribution is -0.151. The summed E-state index contributed by atoms with van der Waals surface area (Å²) in [6, 6.07) is 6.01. The minimum Gasteiger partial charge on any atom is -0.387 e. The highest BCUT2D eigenvalue weighted by atomic mass is 16.3. The molecule has 132 valence electrons. The van der Waals surface area contributed by atoms with Crippen molar-refractivity contribution in [2.24, 2.45) is 0 Å². The molecule has 0 unspecified atom stereocenters. The van der Waals surface area contributed by atoms with Crippen molar-refractivity contribution in [3.63, 3.8) is 0 Å². The van der Waals surface area contributed by atoms with E-state index in [1.807, 2.05) is 0 Å². The zero-order valence-electron chi connectivity index (χ0n) is 14.3. The van der Waals surface area contributed by atoms with E-state index in [0.717, 1.165) is 24.9 Å². The van der Waals surface area contributed by atoms with Crippen LogP contribution in [0.4, 0.5) is 4.79 Å². The first kappa shape index (κ1) is 15.3. The molecule has 5 rings (SSSR count). The fraction of sp³-hybridized carbons (Fsp3) is 0.579. The fourth-order valence-electron chi connectivity index (χ4n) is 5.91. The van der Waals surface area contributed by atoms with Crippen LogP contribution < -0.4 is 16.0 Å². The maximum absolute atomic E-state index is 12.6. The standard InChI is InChI=1S/C19H23N3O3/c1-11-2-3-12-9-14-19(25)5-4-18(15(23)21-16(24)22-18)10-17(19,6-7-20-14)13(12)8-11/h2-3,8,14,20,25H,4-7,9-10H2,1H3,(H2,21,22,23,24)/t14-,17-,18+,19-/m1/s1. The van der Waals surface area contributed by atoms with Gasteiger partial charge in [-0.3, -0.25) is 10.1 Å². The van der Waals surface area contributed by atoms with Crippen LogP contribution in [0.25, 0.3) is 0 Å². The van der Waals surface area contributed by atoms with Gasteiger partial charge in [-0.1, -0.05) is 23.8 Å². The molecule has 2 bridgehead atoms. The topological polar surface area (TPSA) is 90.5 Å². The van der Waals surface area contributed by atoms with Crippen molar-refractivity contribution >= 4 is 11.9 Å². The Hall–Kier alpha value is -1.92. The quantitative estimate of drug-likeness (QED) is 0.522. The maximum atomic E-state index is 12.6. The monoisotopic (exact) mass is 341 g/mol. The van der Waals surface area contributed by atoms with Gasteiger partial charge in [-0.25, -0.2) is 4.79 Å². The van der Waals surface area contributed by atoms with Gasteiger partial charge < -0.3 is 15.7 Å². The van der Waals surface area contributed by atoms with Crippen LogP contribution in [0.5, 0.6) is 0 Å². The number of piperidine rings is 1. The number of aliphatic hydroxyl groups is 1. The van der Waals surface area contributed by atoms with E-state index in [-0.39, 0.29) is 11.9 Å². The molecule has 0 radical (unpaired) electrons. The van der Waals surface area contributed by atoms with Crippen molar-refractivity contribution in [3.8, 4) is 0 Å². The lowest BCUT2D eigenvalue weighted by Gasteiger charge is -2.63. The summed E-state index contributed by atoms with van der Waals surface area (Å²) in [6.07, 6.45) is 3.01. The number of fused-ring (bicyclic) bond motifs is 1. The predicted octanol–water partition coefficient (Wildman–Crippen LogP) is 0.644. The fourth-order valence-corrected chi connectivity index (χ4v) is 5.91. The summed E-state index contributed by atoms with van der Waals surface area (Å²) < 4.78 is 0. The highest BCUT2D eigenvalue weighted by Gasteiger charge is 2.68. The van der Waals surface area contributed by atoms with Gasteiger partial charge in [0.2, 0.25) is 0 Å². The number of aryl methyl sites for hydroxylation is 1. The Kier molecular flexibility index (Phi) is 2.84. The van der Waals surface area contributed by atoms with E-state index < -0.39 is 22.6 Å². The summed E-state index contributed by atoms with van der Waals surface area (Å²) in [6.45, 7) is 2.87. The van der Waals surface area contributed by atoms with Gasteiger partial charge in [0.25, 0.3) is 5.91 Å². The van der Waals surface area contributed by atoms with Crippen molar-refractivity contribution in [1.82, 2.24) is 16.0 Å². The van der Waals surface area contributed by atoms with Crippen LogP contribution in [-0.4, -0.2) is 40.8 Å². The molecule has 3 amide bonds. The number of amides is 3. The molecule has 1 spiro atoms. The van der Waals surface area contributed by atoms with E-state index in [1.54, 1.807) is 0 Å². The third kappa shape index (κ3) is 1.76. The van der Waals surface area contributed by atoms with Crippen LogP contribution in [0.15, 0.2) is 18.2 Å². The van der Waals surface area contributed by atoms with E-state index >= 15 is 0 Å². The highest BCUT2D eigenvalue weighted by Crippen LogP contribution is 2.58. The number of benzene rings is 1. The van der Waals surface area contributed by atoms with Crippen molar-refractivity contribution in [3.05, 3.63) is 34.9 Å². The molecular formula is C19H23N3O3. The Morgan fingerprint density at radius 3 is 2.80 bits per heavy atom. The van der Waals surface area contributed by atoms with Gasteiger partial charge in [-0.05, 0) is 56.7 Å². The average molecular weight is 341 g/mol. The molecule has 1 aromatic rings. The summed E-state index contributed by atoms with van der Waals surface area (Å²) in [4.78, 5) is 24.4. The molecule has 2 saturated heterocycles. The lowest BCUT2D eigenvalue weighted by Crippen LogP contribution is -2.75. The zero-order valence-corrected chi connectivity index (χ0v) is 14.3. The van der Waals surface area contributed by atoms with Gasteiger partial charge in [0, 0.05) is 11.5 Å². The molecular weight excluding hydrogens is 318 g/mol. The number of carbonyl (C=O) groups excluding carboxylic acids is 2. The molecule has 2 aliphatic carbocycles. The number of carbonyl (C=O) groups is 2. The maximum Gasteiger partial charge on any atom is 0.322 e. The van der Waals surface area contributed by atoms with E-state index in [9.17, 15) is 14.7 Å². The SMILES string of the molecule is Cc1ccc2c(c1)[C@]13CCN[C@H](C2)[C@]1(O)CC[C@@]1(C3)NC(=O)NC1=O. The zero-order chi connectivity index (χ0) is 17.4. The summed E-state index contributed by atoms with van der Waals surface area (Å²) in [5.74, 6) is -0.246. The van der Waals surface area contributed by atoms with E-state index in [4.69, 9.17) is 0 Å². The van der Waals surface area contributed by atoms with Crippen LogP contribution in [0, 0.1) is 6.92 Å². The largest absolute Gasteiger partial charge is 0.387 e. The third-order valence-corrected chi connectivity index (χ3v) is 7.10. The Labute approximate surface area is 146 Å². The number of hydrogen-bond donors (Lipinski definition) is 4. The molecule has 6 nitrogen and oxygen atoms in total. The smallest absolute Gasteiger partial charge is 0.322 e. The highest BCUT2D eigenvalue weighted by molar-refractivity contribution is 6.07. The molecule has 2 aliphatic heterocycles. The van der Waals surface area contributed by atoms with Crippen LogP contribution in [0.3, 0.4) is 0 Å². The van der Waals surface area contributed by atoms with Gasteiger partial charge in [-0.15, -0.1) is 0 Å². The number of urea groups is 1. The Bertz CT molecular complexity index is 809. The third-order valence-electron chi connectivity index (χ3n) is 7.10. The summed E-state index contributed by atoms with van der Waals surface area (Å²) >= 11 is 0. The van der Waals surface area contributed by atoms with Crippen molar-refractivity contribution < 1.29 is 14.7 Å². The number of nitrogens with one attached hydrogen (secondary N) is 3. The summed E-state index contributed by atoms with van der Waals surface area (Å²) in [7, 11) is 0. The number of rotatable bonds is 0. The second-order valence-electron chi connectivity index (χ2n) is 8.29. The second-order valence-corrected chi connectivity index (χ2v) is 8.29. The average Bonchev–Trinajstić information content (AvgIpc) is 2.82. The summed E-state index contributed by atoms with van der Waals surface area (Å²) in [5.41, 5.74) is 1.28. The van der Waals surface area contributed by atoms with Gasteiger partial charge in [0.05, 0.1) is 5.60 Å². The minimum atomic E-state index is -0.899. The van der Waals surface area contributed by atoms with Crippen molar-refractivity contribution in [2.45, 2.75) is 61.6 Å². The summed E-state index contributed by atoms with van der Waals surface area (Å²) in [5, 5.41) is 20.6. The molecule has 6 heteroatoms. The van der Waals surface area contributed by atoms with Crippen molar-refractivity contribution in [2.75, 3.05) is 6.54 Å². The van der Waals surface area contributed by atoms with Crippen LogP contribution in [0.2, 0.25) is 0 Å².